The first kappa shape index (κ1) is 18.5. The Labute approximate surface area is 139 Å². The molecule has 0 bridgehead atoms. The Bertz CT molecular complexity index is 404. The van der Waals surface area contributed by atoms with Crippen LogP contribution in [0.3, 0.4) is 0 Å². The van der Waals surface area contributed by atoms with Gasteiger partial charge in [-0.2, -0.15) is 0 Å². The van der Waals surface area contributed by atoms with Crippen molar-refractivity contribution in [3.8, 4) is 0 Å². The molecule has 0 fully saturated rings. The van der Waals surface area contributed by atoms with Gasteiger partial charge in [-0.15, -0.1) is 0 Å². The van der Waals surface area contributed by atoms with Crippen LogP contribution in [0.25, 0.3) is 0 Å². The van der Waals surface area contributed by atoms with Gasteiger partial charge in [0.1, 0.15) is 0 Å². The molecule has 0 spiro atoms. The number of unbranched alkanes of at least 4 members (excludes halogenated alkanes) is 2. The summed E-state index contributed by atoms with van der Waals surface area (Å²) in [6.45, 7) is 12.2. The number of hydrogen-bond acceptors (Lipinski definition) is 2. The third kappa shape index (κ3) is 6.39. The van der Waals surface area contributed by atoms with Crippen LogP contribution in [0, 0.1) is 0 Å². The predicted molar refractivity (Wildman–Crippen MR) is 98.1 cm³/mol. The molecule has 1 N–H and O–H groups in total. The van der Waals surface area contributed by atoms with Crippen LogP contribution in [0.5, 0.6) is 0 Å². The summed E-state index contributed by atoms with van der Waals surface area (Å²) in [5.41, 5.74) is 2.77. The maximum Gasteiger partial charge on any atom is 0.0414 e. The Hall–Kier alpha value is -0.540. The van der Waals surface area contributed by atoms with Crippen molar-refractivity contribution in [1.29, 1.82) is 0 Å². The molecule has 1 aromatic rings. The van der Waals surface area contributed by atoms with Crippen LogP contribution >= 0.6 is 15.9 Å². The average Bonchev–Trinajstić information content (AvgIpc) is 2.45. The minimum Gasteiger partial charge on any atom is -0.369 e. The monoisotopic (exact) mass is 354 g/mol. The second kappa shape index (κ2) is 10.2. The smallest absolute Gasteiger partial charge is 0.0414 e. The molecule has 120 valence electrons. The van der Waals surface area contributed by atoms with E-state index in [1.54, 1.807) is 0 Å². The van der Waals surface area contributed by atoms with E-state index < -0.39 is 0 Å². The molecule has 0 aliphatic rings. The molecule has 0 atom stereocenters. The molecule has 0 aromatic heterocycles. The lowest BCUT2D eigenvalue weighted by atomic mass is 10.1. The van der Waals surface area contributed by atoms with Crippen LogP contribution in [0.15, 0.2) is 22.7 Å². The van der Waals surface area contributed by atoms with E-state index in [0.717, 1.165) is 24.1 Å². The van der Waals surface area contributed by atoms with E-state index in [1.165, 1.54) is 36.9 Å². The number of rotatable bonds is 10. The number of anilines is 1. The maximum absolute atomic E-state index is 3.61. The molecular weight excluding hydrogens is 324 g/mol. The molecule has 0 aliphatic carbocycles. The van der Waals surface area contributed by atoms with E-state index in [9.17, 15) is 0 Å². The minimum absolute atomic E-state index is 0.535. The highest BCUT2D eigenvalue weighted by Gasteiger charge is 2.14. The molecular formula is C18H31BrN2. The van der Waals surface area contributed by atoms with Gasteiger partial charge in [0.15, 0.2) is 0 Å². The van der Waals surface area contributed by atoms with Gasteiger partial charge in [0.05, 0.1) is 0 Å². The first-order valence-corrected chi connectivity index (χ1v) is 9.15. The normalized spacial score (nSPS) is 11.1. The molecule has 0 aliphatic heterocycles. The molecule has 0 heterocycles. The Morgan fingerprint density at radius 2 is 1.90 bits per heavy atom. The van der Waals surface area contributed by atoms with Crippen molar-refractivity contribution >= 4 is 21.6 Å². The first-order chi connectivity index (χ1) is 10.1. The molecule has 1 aromatic carbocycles. The summed E-state index contributed by atoms with van der Waals surface area (Å²) in [7, 11) is 0. The molecule has 0 saturated heterocycles. The second-order valence-electron chi connectivity index (χ2n) is 5.94. The van der Waals surface area contributed by atoms with Crippen LogP contribution < -0.4 is 10.2 Å². The summed E-state index contributed by atoms with van der Waals surface area (Å²) in [5, 5.41) is 3.53. The molecule has 1 rings (SSSR count). The third-order valence-corrected chi connectivity index (χ3v) is 4.21. The van der Waals surface area contributed by atoms with Crippen molar-refractivity contribution in [3.05, 3.63) is 28.2 Å². The van der Waals surface area contributed by atoms with Gasteiger partial charge in [0.25, 0.3) is 0 Å². The minimum atomic E-state index is 0.535. The van der Waals surface area contributed by atoms with E-state index in [1.807, 2.05) is 0 Å². The fourth-order valence-corrected chi connectivity index (χ4v) is 2.97. The predicted octanol–water partition coefficient (Wildman–Crippen LogP) is 5.35. The highest BCUT2D eigenvalue weighted by molar-refractivity contribution is 9.10. The average molecular weight is 355 g/mol. The van der Waals surface area contributed by atoms with Crippen molar-refractivity contribution in [2.45, 2.75) is 66.0 Å². The first-order valence-electron chi connectivity index (χ1n) is 8.35. The zero-order valence-corrected chi connectivity index (χ0v) is 15.7. The van der Waals surface area contributed by atoms with Gasteiger partial charge in [-0.25, -0.2) is 0 Å². The van der Waals surface area contributed by atoms with Gasteiger partial charge in [-0.3, -0.25) is 0 Å². The maximum atomic E-state index is 3.61. The standard InChI is InChI=1S/C18H31BrN2/c1-5-7-8-12-21(15(3)4)18-10-9-17(19)13-16(18)14-20-11-6-2/h9-10,13,15,20H,5-8,11-12,14H2,1-4H3. The highest BCUT2D eigenvalue weighted by atomic mass is 79.9. The Balaban J connectivity index is 2.88. The largest absolute Gasteiger partial charge is 0.369 e. The van der Waals surface area contributed by atoms with Crippen LogP contribution in [0.4, 0.5) is 5.69 Å². The molecule has 0 unspecified atom stereocenters. The molecule has 0 saturated carbocycles. The third-order valence-electron chi connectivity index (χ3n) is 3.72. The molecule has 21 heavy (non-hydrogen) atoms. The van der Waals surface area contributed by atoms with Crippen molar-refractivity contribution < 1.29 is 0 Å². The Kier molecular flexibility index (Phi) is 9.02. The van der Waals surface area contributed by atoms with Crippen molar-refractivity contribution in [1.82, 2.24) is 5.32 Å². The van der Waals surface area contributed by atoms with E-state index in [2.05, 4.69) is 72.0 Å². The van der Waals surface area contributed by atoms with Gasteiger partial charge in [-0.1, -0.05) is 42.6 Å². The van der Waals surface area contributed by atoms with Crippen LogP contribution in [0.2, 0.25) is 0 Å². The van der Waals surface area contributed by atoms with Crippen molar-refractivity contribution in [2.24, 2.45) is 0 Å². The molecule has 0 radical (unpaired) electrons. The zero-order chi connectivity index (χ0) is 15.7. The van der Waals surface area contributed by atoms with E-state index >= 15 is 0 Å². The molecule has 0 amide bonds. The quantitative estimate of drug-likeness (QED) is 0.569. The number of hydrogen-bond donors (Lipinski definition) is 1. The molecule has 3 heteroatoms. The summed E-state index contributed by atoms with van der Waals surface area (Å²) < 4.78 is 1.16. The Morgan fingerprint density at radius 1 is 1.14 bits per heavy atom. The van der Waals surface area contributed by atoms with E-state index in [4.69, 9.17) is 0 Å². The topological polar surface area (TPSA) is 15.3 Å². The second-order valence-corrected chi connectivity index (χ2v) is 6.86. The SMILES string of the molecule is CCCCCN(c1ccc(Br)cc1CNCCC)C(C)C. The fourth-order valence-electron chi connectivity index (χ4n) is 2.56. The van der Waals surface area contributed by atoms with Gasteiger partial charge < -0.3 is 10.2 Å². The van der Waals surface area contributed by atoms with Crippen LogP contribution in [-0.4, -0.2) is 19.1 Å². The van der Waals surface area contributed by atoms with Gasteiger partial charge in [0.2, 0.25) is 0 Å². The van der Waals surface area contributed by atoms with E-state index in [0.29, 0.717) is 6.04 Å². The lowest BCUT2D eigenvalue weighted by Crippen LogP contribution is -2.33. The highest BCUT2D eigenvalue weighted by Crippen LogP contribution is 2.27. The summed E-state index contributed by atoms with van der Waals surface area (Å²) in [5.74, 6) is 0. The lowest BCUT2D eigenvalue weighted by Gasteiger charge is -2.31. The van der Waals surface area contributed by atoms with E-state index in [-0.39, 0.29) is 0 Å². The van der Waals surface area contributed by atoms with Crippen molar-refractivity contribution in [2.75, 3.05) is 18.0 Å². The number of nitrogens with zero attached hydrogens (tertiary/aromatic N) is 1. The number of halogens is 1. The van der Waals surface area contributed by atoms with Crippen molar-refractivity contribution in [3.63, 3.8) is 0 Å². The lowest BCUT2D eigenvalue weighted by molar-refractivity contribution is 0.618. The number of benzene rings is 1. The summed E-state index contributed by atoms with van der Waals surface area (Å²) >= 11 is 3.61. The summed E-state index contributed by atoms with van der Waals surface area (Å²) in [6.07, 6.45) is 5.03. The zero-order valence-electron chi connectivity index (χ0n) is 14.1. The van der Waals surface area contributed by atoms with Gasteiger partial charge in [-0.05, 0) is 57.0 Å². The van der Waals surface area contributed by atoms with Gasteiger partial charge >= 0.3 is 0 Å². The van der Waals surface area contributed by atoms with Crippen LogP contribution in [-0.2, 0) is 6.54 Å². The van der Waals surface area contributed by atoms with Crippen LogP contribution in [0.1, 0.15) is 58.9 Å². The molecule has 2 nitrogen and oxygen atoms in total. The summed E-state index contributed by atoms with van der Waals surface area (Å²) in [6, 6.07) is 7.22. The number of nitrogens with one attached hydrogen (secondary N) is 1. The Morgan fingerprint density at radius 3 is 2.52 bits per heavy atom. The van der Waals surface area contributed by atoms with Gasteiger partial charge in [0, 0.05) is 29.3 Å². The fraction of sp³-hybridized carbons (Fsp3) is 0.667. The summed E-state index contributed by atoms with van der Waals surface area (Å²) in [4.78, 5) is 2.55.